The van der Waals surface area contributed by atoms with E-state index in [1.54, 1.807) is 0 Å². The number of aliphatic hydroxyl groups excluding tert-OH is 3. The smallest absolute Gasteiger partial charge is 0.220 e. The maximum Gasteiger partial charge on any atom is 0.220 e. The highest BCUT2D eigenvalue weighted by Crippen LogP contribution is 2.26. The highest BCUT2D eigenvalue weighted by atomic mass is 16.7. The van der Waals surface area contributed by atoms with Crippen LogP contribution < -0.4 is 0 Å². The quantitative estimate of drug-likeness (QED) is 0.443. The molecule has 0 aromatic rings. The molecule has 1 aliphatic heterocycles. The van der Waals surface area contributed by atoms with Crippen LogP contribution in [0.25, 0.3) is 0 Å². The molecule has 1 aliphatic rings. The molecule has 11 heavy (non-hydrogen) atoms. The number of aliphatic hydroxyl groups is 3. The Kier molecular flexibility index (Phi) is 2.46. The highest BCUT2D eigenvalue weighted by molar-refractivity contribution is 4.90. The fourth-order valence-corrected chi connectivity index (χ4v) is 1.08. The molecule has 0 radical (unpaired) electrons. The Morgan fingerprint density at radius 2 is 2.27 bits per heavy atom. The van der Waals surface area contributed by atoms with E-state index in [1.807, 2.05) is 0 Å². The maximum atomic E-state index is 9.25. The molecule has 66 valence electrons. The number of hydrogen-bond donors (Lipinski definition) is 3. The summed E-state index contributed by atoms with van der Waals surface area (Å²) in [5.74, 6) is -1.43. The fourth-order valence-electron chi connectivity index (χ4n) is 1.08. The van der Waals surface area contributed by atoms with Crippen LogP contribution in [0.15, 0.2) is 0 Å². The number of methoxy groups -OCH3 is 1. The van der Waals surface area contributed by atoms with Gasteiger partial charge in [0, 0.05) is 7.11 Å². The van der Waals surface area contributed by atoms with Gasteiger partial charge >= 0.3 is 0 Å². The van der Waals surface area contributed by atoms with Gasteiger partial charge in [0.05, 0.1) is 6.61 Å². The lowest BCUT2D eigenvalue weighted by atomic mass is 10.1. The first-order valence-electron chi connectivity index (χ1n) is 3.32. The summed E-state index contributed by atoms with van der Waals surface area (Å²) in [6, 6.07) is 0. The third-order valence-electron chi connectivity index (χ3n) is 1.88. The Morgan fingerprint density at radius 3 is 2.45 bits per heavy atom. The average Bonchev–Trinajstić information content (AvgIpc) is 2.32. The maximum absolute atomic E-state index is 9.25. The molecule has 1 heterocycles. The molecule has 0 amide bonds. The molecule has 1 unspecified atom stereocenters. The Hall–Kier alpha value is -0.200. The molecule has 0 aromatic carbocycles. The van der Waals surface area contributed by atoms with Crippen molar-refractivity contribution < 1.29 is 24.8 Å². The minimum absolute atomic E-state index is 0.0183. The second kappa shape index (κ2) is 3.04. The first kappa shape index (κ1) is 8.89. The van der Waals surface area contributed by atoms with Crippen molar-refractivity contribution in [3.8, 4) is 0 Å². The molecule has 1 rings (SSSR count). The van der Waals surface area contributed by atoms with Crippen LogP contribution in [-0.4, -0.2) is 53.6 Å². The number of rotatable bonds is 2. The van der Waals surface area contributed by atoms with E-state index >= 15 is 0 Å². The van der Waals surface area contributed by atoms with Crippen LogP contribution in [0.3, 0.4) is 0 Å². The van der Waals surface area contributed by atoms with E-state index in [-0.39, 0.29) is 6.61 Å². The van der Waals surface area contributed by atoms with Gasteiger partial charge in [0.2, 0.25) is 5.79 Å². The summed E-state index contributed by atoms with van der Waals surface area (Å²) in [5.41, 5.74) is 0. The van der Waals surface area contributed by atoms with Crippen molar-refractivity contribution >= 4 is 0 Å². The second-order valence-corrected chi connectivity index (χ2v) is 2.50. The lowest BCUT2D eigenvalue weighted by molar-refractivity contribution is -0.251. The molecule has 0 saturated carbocycles. The average molecular weight is 164 g/mol. The summed E-state index contributed by atoms with van der Waals surface area (Å²) >= 11 is 0. The van der Waals surface area contributed by atoms with E-state index in [4.69, 9.17) is 19.7 Å². The van der Waals surface area contributed by atoms with Crippen LogP contribution in [0, 0.1) is 0 Å². The Labute approximate surface area is 64.2 Å². The van der Waals surface area contributed by atoms with E-state index in [9.17, 15) is 5.11 Å². The monoisotopic (exact) mass is 164 g/mol. The van der Waals surface area contributed by atoms with Crippen molar-refractivity contribution in [1.82, 2.24) is 0 Å². The third-order valence-corrected chi connectivity index (χ3v) is 1.88. The second-order valence-electron chi connectivity index (χ2n) is 2.50. The molecule has 5 nitrogen and oxygen atoms in total. The number of ether oxygens (including phenoxy) is 2. The molecule has 3 N–H and O–H groups in total. The molecular formula is C6H12O5. The molecule has 0 aliphatic carbocycles. The minimum atomic E-state index is -1.43. The third kappa shape index (κ3) is 1.25. The topological polar surface area (TPSA) is 79.2 Å². The molecular weight excluding hydrogens is 152 g/mol. The summed E-state index contributed by atoms with van der Waals surface area (Å²) in [7, 11) is 1.30. The van der Waals surface area contributed by atoms with Crippen molar-refractivity contribution in [3.05, 3.63) is 0 Å². The van der Waals surface area contributed by atoms with Crippen LogP contribution in [0.4, 0.5) is 0 Å². The summed E-state index contributed by atoms with van der Waals surface area (Å²) in [6.45, 7) is -0.489. The van der Waals surface area contributed by atoms with E-state index in [0.717, 1.165) is 0 Å². The van der Waals surface area contributed by atoms with E-state index in [0.29, 0.717) is 0 Å². The highest BCUT2D eigenvalue weighted by Gasteiger charge is 2.49. The fraction of sp³-hybridized carbons (Fsp3) is 1.00. The molecule has 0 spiro atoms. The Bertz CT molecular complexity index is 133. The normalized spacial score (nSPS) is 44.7. The van der Waals surface area contributed by atoms with Crippen molar-refractivity contribution in [2.24, 2.45) is 0 Å². The lowest BCUT2D eigenvalue weighted by Gasteiger charge is -2.27. The molecule has 3 atom stereocenters. The van der Waals surface area contributed by atoms with Crippen molar-refractivity contribution in [3.63, 3.8) is 0 Å². The van der Waals surface area contributed by atoms with Gasteiger partial charge in [-0.1, -0.05) is 0 Å². The van der Waals surface area contributed by atoms with Gasteiger partial charge in [0.25, 0.3) is 0 Å². The van der Waals surface area contributed by atoms with Crippen LogP contribution in [0.1, 0.15) is 0 Å². The van der Waals surface area contributed by atoms with Crippen LogP contribution in [-0.2, 0) is 9.47 Å². The zero-order valence-corrected chi connectivity index (χ0v) is 6.23. The summed E-state index contributed by atoms with van der Waals surface area (Å²) in [5, 5.41) is 27.1. The van der Waals surface area contributed by atoms with Gasteiger partial charge in [-0.05, 0) is 0 Å². The van der Waals surface area contributed by atoms with E-state index < -0.39 is 24.6 Å². The first-order chi connectivity index (χ1) is 5.16. The first-order valence-corrected chi connectivity index (χ1v) is 3.32. The van der Waals surface area contributed by atoms with Gasteiger partial charge in [-0.25, -0.2) is 0 Å². The predicted octanol–water partition coefficient (Wildman–Crippen LogP) is -1.93. The Morgan fingerprint density at radius 1 is 1.64 bits per heavy atom. The largest absolute Gasteiger partial charge is 0.391 e. The molecule has 0 bridgehead atoms. The zero-order chi connectivity index (χ0) is 8.48. The van der Waals surface area contributed by atoms with E-state index in [2.05, 4.69) is 0 Å². The summed E-state index contributed by atoms with van der Waals surface area (Å²) in [6.07, 6.45) is -2.17. The minimum Gasteiger partial charge on any atom is -0.391 e. The molecule has 5 heteroatoms. The SMILES string of the molecule is COC1(CO)OC[C@H](O)[C@H]1O. The molecule has 1 fully saturated rings. The predicted molar refractivity (Wildman–Crippen MR) is 34.8 cm³/mol. The van der Waals surface area contributed by atoms with Gasteiger partial charge < -0.3 is 24.8 Å². The van der Waals surface area contributed by atoms with Crippen molar-refractivity contribution in [2.75, 3.05) is 20.3 Å². The van der Waals surface area contributed by atoms with Crippen LogP contribution >= 0.6 is 0 Å². The Balaban J connectivity index is 2.69. The van der Waals surface area contributed by atoms with Gasteiger partial charge in [0.1, 0.15) is 18.8 Å². The van der Waals surface area contributed by atoms with Gasteiger partial charge in [-0.3, -0.25) is 0 Å². The van der Waals surface area contributed by atoms with E-state index in [1.165, 1.54) is 7.11 Å². The summed E-state index contributed by atoms with van der Waals surface area (Å²) < 4.78 is 9.64. The van der Waals surface area contributed by atoms with Gasteiger partial charge in [-0.15, -0.1) is 0 Å². The molecule has 1 saturated heterocycles. The van der Waals surface area contributed by atoms with Crippen LogP contribution in [0.5, 0.6) is 0 Å². The van der Waals surface area contributed by atoms with Gasteiger partial charge in [-0.2, -0.15) is 0 Å². The lowest BCUT2D eigenvalue weighted by Crippen LogP contribution is -2.47. The standard InChI is InChI=1S/C6H12O5/c1-10-6(3-7)5(9)4(8)2-11-6/h4-5,7-9H,2-3H2,1H3/t4-,5+,6?/m0/s1. The van der Waals surface area contributed by atoms with Crippen molar-refractivity contribution in [1.29, 1.82) is 0 Å². The summed E-state index contributed by atoms with van der Waals surface area (Å²) in [4.78, 5) is 0. The number of hydrogen-bond acceptors (Lipinski definition) is 5. The van der Waals surface area contributed by atoms with Crippen molar-refractivity contribution in [2.45, 2.75) is 18.0 Å². The van der Waals surface area contributed by atoms with Gasteiger partial charge in [0.15, 0.2) is 0 Å². The molecule has 0 aromatic heterocycles. The van der Waals surface area contributed by atoms with Crippen LogP contribution in [0.2, 0.25) is 0 Å². The zero-order valence-electron chi connectivity index (χ0n) is 6.23.